The maximum atomic E-state index is 13.3. The van der Waals surface area contributed by atoms with Crippen LogP contribution in [0.15, 0.2) is 59.8 Å². The summed E-state index contributed by atoms with van der Waals surface area (Å²) in [4.78, 5) is 30.8. The topological polar surface area (TPSA) is 106 Å². The number of fused-ring (bicyclic) bond motifs is 1. The molecule has 0 saturated carbocycles. The summed E-state index contributed by atoms with van der Waals surface area (Å²) in [5.74, 6) is 1.16. The molecule has 2 aliphatic rings. The molecule has 34 heavy (non-hydrogen) atoms. The van der Waals surface area contributed by atoms with Crippen LogP contribution in [0.3, 0.4) is 0 Å². The third kappa shape index (κ3) is 3.72. The van der Waals surface area contributed by atoms with Crippen LogP contribution < -0.4 is 10.2 Å². The molecule has 0 saturated heterocycles. The molecule has 3 aromatic rings. The first-order valence-electron chi connectivity index (χ1n) is 11.1. The molecule has 174 valence electrons. The number of carbonyl (C=O) groups excluding carboxylic acids is 1. The zero-order chi connectivity index (χ0) is 24.2. The summed E-state index contributed by atoms with van der Waals surface area (Å²) in [5, 5.41) is 19.3. The molecule has 0 bridgehead atoms. The first-order valence-corrected chi connectivity index (χ1v) is 11.1. The van der Waals surface area contributed by atoms with Gasteiger partial charge in [0.2, 0.25) is 5.95 Å². The Balaban J connectivity index is 1.62. The van der Waals surface area contributed by atoms with Gasteiger partial charge in [-0.2, -0.15) is 4.98 Å². The maximum Gasteiger partial charge on any atom is 0.269 e. The minimum Gasteiger partial charge on any atom is -0.378 e. The van der Waals surface area contributed by atoms with Crippen molar-refractivity contribution in [1.82, 2.24) is 14.8 Å². The number of benzene rings is 2. The van der Waals surface area contributed by atoms with Crippen molar-refractivity contribution in [1.29, 1.82) is 0 Å². The summed E-state index contributed by atoms with van der Waals surface area (Å²) in [6.45, 7) is 4.16. The second-order valence-corrected chi connectivity index (χ2v) is 9.85. The van der Waals surface area contributed by atoms with Gasteiger partial charge in [-0.3, -0.25) is 14.9 Å². The van der Waals surface area contributed by atoms with E-state index in [0.29, 0.717) is 30.2 Å². The van der Waals surface area contributed by atoms with Crippen molar-refractivity contribution < 1.29 is 9.72 Å². The van der Waals surface area contributed by atoms with Gasteiger partial charge in [0.25, 0.3) is 5.69 Å². The van der Waals surface area contributed by atoms with Gasteiger partial charge in [0.15, 0.2) is 11.6 Å². The smallest absolute Gasteiger partial charge is 0.269 e. The number of aromatic nitrogens is 3. The van der Waals surface area contributed by atoms with Gasteiger partial charge in [0, 0.05) is 55.2 Å². The Morgan fingerprint density at radius 2 is 1.76 bits per heavy atom. The Bertz CT molecular complexity index is 1320. The third-order valence-electron chi connectivity index (χ3n) is 6.39. The van der Waals surface area contributed by atoms with Gasteiger partial charge >= 0.3 is 0 Å². The molecule has 0 spiro atoms. The van der Waals surface area contributed by atoms with Crippen LogP contribution in [0.1, 0.15) is 38.3 Å². The van der Waals surface area contributed by atoms with Gasteiger partial charge < -0.3 is 10.2 Å². The standard InChI is InChI=1S/C25H26N6O3/c1-25(2)13-19-21(20(32)14-25)22(15-5-11-18(12-6-15)31(33)34)30-24(26-19)27-23(28-30)16-7-9-17(10-8-16)29(3)4/h5-12,22H,13-14H2,1-4H3,(H,26,27,28). The number of non-ortho nitro benzene ring substituents is 1. The molecule has 5 rings (SSSR count). The highest BCUT2D eigenvalue weighted by molar-refractivity contribution is 6.00. The lowest BCUT2D eigenvalue weighted by Crippen LogP contribution is -2.36. The van der Waals surface area contributed by atoms with E-state index in [4.69, 9.17) is 10.1 Å². The van der Waals surface area contributed by atoms with E-state index in [1.807, 2.05) is 43.3 Å². The largest absolute Gasteiger partial charge is 0.378 e. The number of nitro groups is 1. The van der Waals surface area contributed by atoms with Crippen molar-refractivity contribution in [2.24, 2.45) is 5.41 Å². The molecule has 9 nitrogen and oxygen atoms in total. The van der Waals surface area contributed by atoms with Crippen LogP contribution in [0, 0.1) is 15.5 Å². The summed E-state index contributed by atoms with van der Waals surface area (Å²) >= 11 is 0. The molecule has 0 amide bonds. The number of anilines is 2. The Hall–Kier alpha value is -4.01. The minimum atomic E-state index is -0.502. The number of nitrogens with zero attached hydrogens (tertiary/aromatic N) is 5. The quantitative estimate of drug-likeness (QED) is 0.451. The van der Waals surface area contributed by atoms with Crippen LogP contribution in [0.4, 0.5) is 17.3 Å². The summed E-state index contributed by atoms with van der Waals surface area (Å²) in [5.41, 5.74) is 4.02. The van der Waals surface area contributed by atoms with Crippen LogP contribution in [0.5, 0.6) is 0 Å². The molecule has 0 radical (unpaired) electrons. The molecule has 2 aromatic carbocycles. The van der Waals surface area contributed by atoms with Crippen molar-refractivity contribution in [2.75, 3.05) is 24.3 Å². The second-order valence-electron chi connectivity index (χ2n) is 9.85. The first kappa shape index (κ1) is 21.8. The molecular formula is C25H26N6O3. The van der Waals surface area contributed by atoms with Crippen LogP contribution in [0.25, 0.3) is 11.4 Å². The van der Waals surface area contributed by atoms with E-state index >= 15 is 0 Å². The van der Waals surface area contributed by atoms with Crippen LogP contribution in [0.2, 0.25) is 0 Å². The minimum absolute atomic E-state index is 0.00322. The van der Waals surface area contributed by atoms with Crippen LogP contribution in [-0.2, 0) is 4.79 Å². The molecule has 1 aliphatic heterocycles. The zero-order valence-corrected chi connectivity index (χ0v) is 19.6. The fraction of sp³-hybridized carbons (Fsp3) is 0.320. The zero-order valence-electron chi connectivity index (χ0n) is 19.6. The van der Waals surface area contributed by atoms with Gasteiger partial charge in [-0.15, -0.1) is 5.10 Å². The lowest BCUT2D eigenvalue weighted by molar-refractivity contribution is -0.384. The number of nitrogens with one attached hydrogen (secondary N) is 1. The first-order chi connectivity index (χ1) is 16.1. The number of allylic oxidation sites excluding steroid dienone is 2. The van der Waals surface area contributed by atoms with Gasteiger partial charge in [-0.25, -0.2) is 4.68 Å². The molecule has 1 atom stereocenters. The van der Waals surface area contributed by atoms with Crippen molar-refractivity contribution in [2.45, 2.75) is 32.7 Å². The Labute approximate surface area is 197 Å². The van der Waals surface area contributed by atoms with Gasteiger partial charge in [0.1, 0.15) is 6.04 Å². The molecule has 2 heterocycles. The van der Waals surface area contributed by atoms with Crippen molar-refractivity contribution >= 4 is 23.1 Å². The van der Waals surface area contributed by atoms with E-state index in [9.17, 15) is 14.9 Å². The van der Waals surface area contributed by atoms with Crippen molar-refractivity contribution in [3.05, 3.63) is 75.5 Å². The Morgan fingerprint density at radius 3 is 2.38 bits per heavy atom. The summed E-state index contributed by atoms with van der Waals surface area (Å²) in [7, 11) is 3.96. The lowest BCUT2D eigenvalue weighted by Gasteiger charge is -2.38. The number of hydrogen-bond acceptors (Lipinski definition) is 7. The number of ketones is 1. The third-order valence-corrected chi connectivity index (χ3v) is 6.39. The van der Waals surface area contributed by atoms with E-state index in [1.54, 1.807) is 16.8 Å². The molecule has 1 aromatic heterocycles. The van der Waals surface area contributed by atoms with Crippen LogP contribution in [-0.4, -0.2) is 39.6 Å². The number of nitro benzene ring substituents is 1. The average molecular weight is 459 g/mol. The number of carbonyl (C=O) groups is 1. The fourth-order valence-electron chi connectivity index (χ4n) is 4.73. The second kappa shape index (κ2) is 7.79. The maximum absolute atomic E-state index is 13.3. The Kier molecular flexibility index (Phi) is 5.00. The summed E-state index contributed by atoms with van der Waals surface area (Å²) in [6.07, 6.45) is 1.14. The SMILES string of the molecule is CN(C)c1ccc(-c2nc3n(n2)C(c2ccc([N+](=O)[O-])cc2)C2=C(CC(C)(C)CC2=O)N3)cc1. The van der Waals surface area contributed by atoms with E-state index in [0.717, 1.165) is 22.5 Å². The van der Waals surface area contributed by atoms with E-state index < -0.39 is 11.0 Å². The monoisotopic (exact) mass is 458 g/mol. The van der Waals surface area contributed by atoms with Gasteiger partial charge in [0.05, 0.1) is 4.92 Å². The van der Waals surface area contributed by atoms with Gasteiger partial charge in [-0.1, -0.05) is 13.8 Å². The average Bonchev–Trinajstić information content (AvgIpc) is 3.20. The molecule has 0 fully saturated rings. The van der Waals surface area contributed by atoms with E-state index in [-0.39, 0.29) is 16.9 Å². The predicted molar refractivity (Wildman–Crippen MR) is 130 cm³/mol. The number of Topliss-reactive ketones (excluding diaryl/α,β-unsaturated/α-hetero) is 1. The van der Waals surface area contributed by atoms with Crippen molar-refractivity contribution in [3.8, 4) is 11.4 Å². The molecule has 1 N–H and O–H groups in total. The molecular weight excluding hydrogens is 432 g/mol. The lowest BCUT2D eigenvalue weighted by atomic mass is 9.73. The van der Waals surface area contributed by atoms with Crippen molar-refractivity contribution in [3.63, 3.8) is 0 Å². The Morgan fingerprint density at radius 1 is 1.09 bits per heavy atom. The predicted octanol–water partition coefficient (Wildman–Crippen LogP) is 4.58. The highest BCUT2D eigenvalue weighted by atomic mass is 16.6. The fourth-order valence-corrected chi connectivity index (χ4v) is 4.73. The molecule has 1 unspecified atom stereocenters. The highest BCUT2D eigenvalue weighted by Gasteiger charge is 2.42. The summed E-state index contributed by atoms with van der Waals surface area (Å²) in [6, 6.07) is 13.8. The summed E-state index contributed by atoms with van der Waals surface area (Å²) < 4.78 is 1.73. The van der Waals surface area contributed by atoms with E-state index in [1.165, 1.54) is 12.1 Å². The molecule has 1 aliphatic carbocycles. The molecule has 9 heteroatoms. The van der Waals surface area contributed by atoms with Gasteiger partial charge in [-0.05, 0) is 53.8 Å². The van der Waals surface area contributed by atoms with Crippen LogP contribution >= 0.6 is 0 Å². The normalized spacial score (nSPS) is 18.7. The number of rotatable bonds is 4. The number of hydrogen-bond donors (Lipinski definition) is 1. The highest BCUT2D eigenvalue weighted by Crippen LogP contribution is 2.45. The van der Waals surface area contributed by atoms with E-state index in [2.05, 4.69) is 19.2 Å².